The minimum absolute atomic E-state index is 0.454. The van der Waals surface area contributed by atoms with Crippen LogP contribution in [0.4, 0.5) is 5.69 Å². The van der Waals surface area contributed by atoms with Crippen LogP contribution in [0.3, 0.4) is 0 Å². The van der Waals surface area contributed by atoms with Crippen molar-refractivity contribution in [2.75, 3.05) is 51.9 Å². The SMILES string of the molecule is C=CCOc1ccccc1CN(C(=S)NCC[NH+](C)C)c1ccc2c(c1)OCCO2. The summed E-state index contributed by atoms with van der Waals surface area (Å²) in [4.78, 5) is 3.42. The van der Waals surface area contributed by atoms with E-state index in [-0.39, 0.29) is 0 Å². The number of para-hydroxylation sites is 1. The van der Waals surface area contributed by atoms with Crippen molar-refractivity contribution in [1.82, 2.24) is 5.32 Å². The summed E-state index contributed by atoms with van der Waals surface area (Å²) in [5, 5.41) is 4.04. The summed E-state index contributed by atoms with van der Waals surface area (Å²) < 4.78 is 17.3. The van der Waals surface area contributed by atoms with Crippen molar-refractivity contribution in [3.8, 4) is 17.2 Å². The molecule has 0 fully saturated rings. The number of benzene rings is 2. The van der Waals surface area contributed by atoms with Crippen LogP contribution in [0.5, 0.6) is 17.2 Å². The van der Waals surface area contributed by atoms with E-state index in [9.17, 15) is 0 Å². The van der Waals surface area contributed by atoms with Gasteiger partial charge in [0, 0.05) is 17.3 Å². The van der Waals surface area contributed by atoms with E-state index in [4.69, 9.17) is 26.4 Å². The lowest BCUT2D eigenvalue weighted by Gasteiger charge is -2.28. The zero-order chi connectivity index (χ0) is 21.3. The van der Waals surface area contributed by atoms with E-state index in [0.717, 1.165) is 41.6 Å². The first-order chi connectivity index (χ1) is 14.6. The Bertz CT molecular complexity index is 873. The fourth-order valence-corrected chi connectivity index (χ4v) is 3.36. The highest BCUT2D eigenvalue weighted by Gasteiger charge is 2.19. The molecule has 0 amide bonds. The molecule has 3 rings (SSSR count). The van der Waals surface area contributed by atoms with Crippen LogP contribution >= 0.6 is 12.2 Å². The van der Waals surface area contributed by atoms with Gasteiger partial charge in [0.15, 0.2) is 16.6 Å². The van der Waals surface area contributed by atoms with Crippen molar-refractivity contribution in [3.63, 3.8) is 0 Å². The van der Waals surface area contributed by atoms with Crippen molar-refractivity contribution in [1.29, 1.82) is 0 Å². The molecule has 0 radical (unpaired) electrons. The number of hydrogen-bond acceptors (Lipinski definition) is 4. The van der Waals surface area contributed by atoms with E-state index in [1.165, 1.54) is 4.90 Å². The van der Waals surface area contributed by atoms with E-state index < -0.39 is 0 Å². The number of ether oxygens (including phenoxy) is 3. The van der Waals surface area contributed by atoms with Crippen LogP contribution in [-0.4, -0.2) is 52.1 Å². The smallest absolute Gasteiger partial charge is 0.173 e. The first-order valence-corrected chi connectivity index (χ1v) is 10.5. The number of hydrogen-bond donors (Lipinski definition) is 2. The molecule has 30 heavy (non-hydrogen) atoms. The predicted molar refractivity (Wildman–Crippen MR) is 124 cm³/mol. The minimum atomic E-state index is 0.454. The van der Waals surface area contributed by atoms with Gasteiger partial charge >= 0.3 is 0 Å². The van der Waals surface area contributed by atoms with Crippen molar-refractivity contribution < 1.29 is 19.1 Å². The largest absolute Gasteiger partial charge is 0.489 e. The fourth-order valence-electron chi connectivity index (χ4n) is 3.09. The van der Waals surface area contributed by atoms with Crippen LogP contribution in [-0.2, 0) is 6.54 Å². The zero-order valence-electron chi connectivity index (χ0n) is 17.6. The summed E-state index contributed by atoms with van der Waals surface area (Å²) in [6, 6.07) is 13.9. The second kappa shape index (κ2) is 10.8. The van der Waals surface area contributed by atoms with Crippen LogP contribution in [0.2, 0.25) is 0 Å². The average Bonchev–Trinajstić information content (AvgIpc) is 2.76. The van der Waals surface area contributed by atoms with Gasteiger partial charge in [0.2, 0.25) is 0 Å². The second-order valence-corrected chi connectivity index (χ2v) is 7.70. The Morgan fingerprint density at radius 2 is 1.97 bits per heavy atom. The summed E-state index contributed by atoms with van der Waals surface area (Å²) in [6.07, 6.45) is 1.74. The van der Waals surface area contributed by atoms with Gasteiger partial charge in [0.1, 0.15) is 25.6 Å². The Morgan fingerprint density at radius 3 is 2.73 bits per heavy atom. The molecule has 0 aliphatic carbocycles. The number of thiocarbonyl (C=S) groups is 1. The minimum Gasteiger partial charge on any atom is -0.489 e. The maximum Gasteiger partial charge on any atom is 0.173 e. The van der Waals surface area contributed by atoms with E-state index in [2.05, 4.69) is 37.0 Å². The molecule has 0 aromatic heterocycles. The van der Waals surface area contributed by atoms with Gasteiger partial charge in [-0.05, 0) is 30.4 Å². The standard InChI is InChI=1S/C23H29N3O3S/c1-4-13-27-20-8-6-5-7-18(20)17-26(23(30)24-11-12-25(2)3)19-9-10-21-22(16-19)29-15-14-28-21/h4-10,16H,1,11-15,17H2,2-3H3,(H,24,30)/p+1. The summed E-state index contributed by atoms with van der Waals surface area (Å²) in [7, 11) is 4.24. The number of nitrogens with one attached hydrogen (secondary N) is 2. The third kappa shape index (κ3) is 5.87. The van der Waals surface area contributed by atoms with Crippen molar-refractivity contribution in [2.45, 2.75) is 6.54 Å². The van der Waals surface area contributed by atoms with Crippen molar-refractivity contribution in [3.05, 3.63) is 60.7 Å². The van der Waals surface area contributed by atoms with E-state index in [1.807, 2.05) is 36.4 Å². The lowest BCUT2D eigenvalue weighted by atomic mass is 10.1. The Morgan fingerprint density at radius 1 is 1.20 bits per heavy atom. The van der Waals surface area contributed by atoms with Gasteiger partial charge in [-0.1, -0.05) is 30.9 Å². The summed E-state index contributed by atoms with van der Waals surface area (Å²) in [5.41, 5.74) is 1.98. The molecule has 0 saturated carbocycles. The lowest BCUT2D eigenvalue weighted by molar-refractivity contribution is -0.856. The molecule has 7 heteroatoms. The van der Waals surface area contributed by atoms with E-state index in [0.29, 0.717) is 31.5 Å². The molecule has 1 heterocycles. The molecule has 6 nitrogen and oxygen atoms in total. The van der Waals surface area contributed by atoms with Gasteiger partial charge < -0.3 is 29.3 Å². The van der Waals surface area contributed by atoms with Gasteiger partial charge in [-0.15, -0.1) is 0 Å². The normalized spacial score (nSPS) is 12.4. The molecule has 0 saturated heterocycles. The molecular formula is C23H30N3O3S+. The van der Waals surface area contributed by atoms with E-state index >= 15 is 0 Å². The number of anilines is 1. The predicted octanol–water partition coefficient (Wildman–Crippen LogP) is 2.05. The van der Waals surface area contributed by atoms with Gasteiger partial charge in [0.05, 0.1) is 33.7 Å². The van der Waals surface area contributed by atoms with Gasteiger partial charge in [-0.2, -0.15) is 0 Å². The average molecular weight is 429 g/mol. The molecule has 2 aromatic rings. The molecule has 2 aromatic carbocycles. The highest BCUT2D eigenvalue weighted by molar-refractivity contribution is 7.80. The van der Waals surface area contributed by atoms with Crippen LogP contribution < -0.4 is 29.3 Å². The van der Waals surface area contributed by atoms with Gasteiger partial charge in [0.25, 0.3) is 0 Å². The Kier molecular flexibility index (Phi) is 7.93. The molecule has 2 N–H and O–H groups in total. The molecule has 0 atom stereocenters. The number of likely N-dealkylation sites (N-methyl/N-ethyl adjacent to an activating group) is 1. The molecular weight excluding hydrogens is 398 g/mol. The topological polar surface area (TPSA) is 47.4 Å². The third-order valence-corrected chi connectivity index (χ3v) is 5.01. The van der Waals surface area contributed by atoms with Crippen LogP contribution in [0.1, 0.15) is 5.56 Å². The van der Waals surface area contributed by atoms with Crippen molar-refractivity contribution in [2.24, 2.45) is 0 Å². The maximum absolute atomic E-state index is 5.85. The monoisotopic (exact) mass is 428 g/mol. The Hall–Kier alpha value is -2.77. The molecule has 160 valence electrons. The fraction of sp³-hybridized carbons (Fsp3) is 0.348. The molecule has 1 aliphatic rings. The number of fused-ring (bicyclic) bond motifs is 1. The summed E-state index contributed by atoms with van der Waals surface area (Å²) >= 11 is 5.77. The number of quaternary nitrogens is 1. The summed E-state index contributed by atoms with van der Waals surface area (Å²) in [6.45, 7) is 7.62. The molecule has 0 unspecified atom stereocenters. The van der Waals surface area contributed by atoms with Crippen molar-refractivity contribution >= 4 is 23.0 Å². The summed E-state index contributed by atoms with van der Waals surface area (Å²) in [5.74, 6) is 2.32. The first kappa shape index (κ1) is 21.9. The number of rotatable bonds is 9. The first-order valence-electron chi connectivity index (χ1n) is 10.1. The van der Waals surface area contributed by atoms with Crippen LogP contribution in [0.25, 0.3) is 0 Å². The molecule has 0 bridgehead atoms. The Balaban J connectivity index is 1.86. The lowest BCUT2D eigenvalue weighted by Crippen LogP contribution is -3.06. The highest BCUT2D eigenvalue weighted by atomic mass is 32.1. The van der Waals surface area contributed by atoms with Crippen LogP contribution in [0, 0.1) is 0 Å². The number of nitrogens with zero attached hydrogens (tertiary/aromatic N) is 1. The van der Waals surface area contributed by atoms with Gasteiger partial charge in [-0.3, -0.25) is 0 Å². The maximum atomic E-state index is 5.85. The highest BCUT2D eigenvalue weighted by Crippen LogP contribution is 2.35. The second-order valence-electron chi connectivity index (χ2n) is 7.31. The van der Waals surface area contributed by atoms with Gasteiger partial charge in [-0.25, -0.2) is 0 Å². The van der Waals surface area contributed by atoms with Crippen LogP contribution in [0.15, 0.2) is 55.1 Å². The molecule has 0 spiro atoms. The quantitative estimate of drug-likeness (QED) is 0.471. The zero-order valence-corrected chi connectivity index (χ0v) is 18.5. The third-order valence-electron chi connectivity index (χ3n) is 4.64. The Labute approximate surface area is 184 Å². The molecule has 1 aliphatic heterocycles. The van der Waals surface area contributed by atoms with E-state index in [1.54, 1.807) is 6.08 Å².